The van der Waals surface area contributed by atoms with Crippen molar-refractivity contribution in [2.24, 2.45) is 0 Å². The number of aromatic nitrogens is 1. The first kappa shape index (κ1) is 14.5. The van der Waals surface area contributed by atoms with E-state index in [1.165, 1.54) is 23.5 Å². The Labute approximate surface area is 121 Å². The topological polar surface area (TPSA) is 24.9 Å². The first-order valence-electron chi connectivity index (χ1n) is 5.12. The summed E-state index contributed by atoms with van der Waals surface area (Å²) in [5.41, 5.74) is -3.52. The molecule has 0 saturated carbocycles. The molecule has 0 aliphatic carbocycles. The molecule has 19 heavy (non-hydrogen) atoms. The molecule has 0 saturated heterocycles. The molecule has 0 bridgehead atoms. The molecule has 2 aromatic rings. The van der Waals surface area contributed by atoms with E-state index in [-0.39, 0.29) is 16.7 Å². The fraction of sp³-hybridized carbons (Fsp3) is 0.182. The Balaban J connectivity index is 1.91. The molecule has 0 radical (unpaired) electrons. The maximum atomic E-state index is 12.1. The number of rotatable bonds is 4. The third-order valence-electron chi connectivity index (χ3n) is 2.06. The van der Waals surface area contributed by atoms with Crippen LogP contribution in [0.5, 0.6) is 0 Å². The molecule has 0 spiro atoms. The first-order valence-corrected chi connectivity index (χ1v) is 7.13. The summed E-state index contributed by atoms with van der Waals surface area (Å²) in [6, 6.07) is 6.05. The van der Waals surface area contributed by atoms with Gasteiger partial charge in [0.1, 0.15) is 9.34 Å². The number of nitrogens with one attached hydrogen (secondary N) is 1. The monoisotopic (exact) mass is 324 g/mol. The van der Waals surface area contributed by atoms with Gasteiger partial charge in [0.25, 0.3) is 0 Å². The van der Waals surface area contributed by atoms with E-state index in [1.54, 1.807) is 18.3 Å². The van der Waals surface area contributed by atoms with Crippen molar-refractivity contribution in [1.82, 2.24) is 4.98 Å². The number of nitrogens with zero attached hydrogens (tertiary/aromatic N) is 1. The average Bonchev–Trinajstić information content (AvgIpc) is 2.72. The van der Waals surface area contributed by atoms with Crippen molar-refractivity contribution in [3.8, 4) is 0 Å². The molecule has 2 nitrogen and oxygen atoms in total. The van der Waals surface area contributed by atoms with Gasteiger partial charge >= 0.3 is 5.51 Å². The van der Waals surface area contributed by atoms with Crippen molar-refractivity contribution in [3.63, 3.8) is 0 Å². The largest absolute Gasteiger partial charge is 0.446 e. The van der Waals surface area contributed by atoms with Gasteiger partial charge in [-0.2, -0.15) is 13.2 Å². The Morgan fingerprint density at radius 2 is 1.95 bits per heavy atom. The third-order valence-corrected chi connectivity index (χ3v) is 3.91. The summed E-state index contributed by atoms with van der Waals surface area (Å²) in [5.74, 6) is 0. The highest BCUT2D eigenvalue weighted by Crippen LogP contribution is 2.37. The molecule has 8 heteroatoms. The summed E-state index contributed by atoms with van der Waals surface area (Å²) in [7, 11) is 0. The van der Waals surface area contributed by atoms with Gasteiger partial charge in [-0.05, 0) is 36.0 Å². The number of anilines is 1. The number of benzene rings is 1. The summed E-state index contributed by atoms with van der Waals surface area (Å²) >= 11 is 6.97. The summed E-state index contributed by atoms with van der Waals surface area (Å²) in [4.78, 5) is 4.23. The smallest absolute Gasteiger partial charge is 0.379 e. The van der Waals surface area contributed by atoms with E-state index in [0.29, 0.717) is 10.9 Å². The van der Waals surface area contributed by atoms with Crippen LogP contribution in [0.25, 0.3) is 0 Å². The van der Waals surface area contributed by atoms with Crippen molar-refractivity contribution in [1.29, 1.82) is 0 Å². The number of hydrogen-bond acceptors (Lipinski definition) is 4. The van der Waals surface area contributed by atoms with Crippen LogP contribution in [0.1, 0.15) is 5.01 Å². The maximum absolute atomic E-state index is 12.1. The van der Waals surface area contributed by atoms with E-state index >= 15 is 0 Å². The van der Waals surface area contributed by atoms with Crippen LogP contribution in [0.4, 0.5) is 18.9 Å². The van der Waals surface area contributed by atoms with Crippen molar-refractivity contribution < 1.29 is 13.2 Å². The van der Waals surface area contributed by atoms with Crippen molar-refractivity contribution in [2.45, 2.75) is 16.9 Å². The molecule has 0 unspecified atom stereocenters. The van der Waals surface area contributed by atoms with E-state index in [0.717, 1.165) is 10.7 Å². The molecule has 102 valence electrons. The van der Waals surface area contributed by atoms with Crippen LogP contribution in [0.2, 0.25) is 4.34 Å². The zero-order valence-corrected chi connectivity index (χ0v) is 11.8. The molecule has 1 heterocycles. The molecular weight excluding hydrogens is 317 g/mol. The average molecular weight is 325 g/mol. The summed E-state index contributed by atoms with van der Waals surface area (Å²) in [6.07, 6.45) is 1.56. The van der Waals surface area contributed by atoms with Gasteiger partial charge in [-0.1, -0.05) is 11.6 Å². The minimum absolute atomic E-state index is 0.128. The minimum atomic E-state index is -4.26. The van der Waals surface area contributed by atoms with Gasteiger partial charge < -0.3 is 5.32 Å². The highest BCUT2D eigenvalue weighted by Gasteiger charge is 2.28. The maximum Gasteiger partial charge on any atom is 0.446 e. The minimum Gasteiger partial charge on any atom is -0.379 e. The quantitative estimate of drug-likeness (QED) is 0.799. The van der Waals surface area contributed by atoms with Gasteiger partial charge in [0.2, 0.25) is 0 Å². The molecule has 0 atom stereocenters. The van der Waals surface area contributed by atoms with Gasteiger partial charge in [0, 0.05) is 10.6 Å². The van der Waals surface area contributed by atoms with Crippen LogP contribution in [0.3, 0.4) is 0 Å². The van der Waals surface area contributed by atoms with Crippen molar-refractivity contribution in [2.75, 3.05) is 5.32 Å². The Morgan fingerprint density at radius 3 is 2.47 bits per heavy atom. The Bertz CT molecular complexity index is 540. The Morgan fingerprint density at radius 1 is 1.26 bits per heavy atom. The lowest BCUT2D eigenvalue weighted by Crippen LogP contribution is -2.00. The molecule has 0 aliphatic rings. The van der Waals surface area contributed by atoms with Gasteiger partial charge in [-0.15, -0.1) is 11.3 Å². The second-order valence-electron chi connectivity index (χ2n) is 3.48. The van der Waals surface area contributed by atoms with Crippen LogP contribution < -0.4 is 5.32 Å². The van der Waals surface area contributed by atoms with Crippen LogP contribution in [-0.2, 0) is 6.54 Å². The number of thiazole rings is 1. The van der Waals surface area contributed by atoms with E-state index in [2.05, 4.69) is 10.3 Å². The van der Waals surface area contributed by atoms with Crippen LogP contribution in [0.15, 0.2) is 35.4 Å². The number of halogens is 4. The zero-order chi connectivity index (χ0) is 13.9. The fourth-order valence-electron chi connectivity index (χ4n) is 1.32. The Hall–Kier alpha value is -0.920. The second kappa shape index (κ2) is 6.02. The molecular formula is C11H8ClF3N2S2. The van der Waals surface area contributed by atoms with Crippen LogP contribution in [0, 0.1) is 0 Å². The lowest BCUT2D eigenvalue weighted by atomic mass is 10.3. The van der Waals surface area contributed by atoms with Gasteiger partial charge in [-0.25, -0.2) is 4.98 Å². The number of thioether (sulfide) groups is 1. The van der Waals surface area contributed by atoms with Gasteiger partial charge in [-0.3, -0.25) is 0 Å². The highest BCUT2D eigenvalue weighted by molar-refractivity contribution is 8.00. The number of alkyl halides is 3. The summed E-state index contributed by atoms with van der Waals surface area (Å²) < 4.78 is 37.0. The first-order chi connectivity index (χ1) is 8.92. The second-order valence-corrected chi connectivity index (χ2v) is 6.37. The third kappa shape index (κ3) is 4.93. The normalized spacial score (nSPS) is 11.6. The number of hydrogen-bond donors (Lipinski definition) is 1. The van der Waals surface area contributed by atoms with Gasteiger partial charge in [0.15, 0.2) is 0 Å². The van der Waals surface area contributed by atoms with E-state index < -0.39 is 5.51 Å². The molecule has 0 aliphatic heterocycles. The van der Waals surface area contributed by atoms with Crippen molar-refractivity contribution in [3.05, 3.63) is 39.8 Å². The van der Waals surface area contributed by atoms with Crippen LogP contribution in [-0.4, -0.2) is 10.5 Å². The summed E-state index contributed by atoms with van der Waals surface area (Å²) in [5, 5.41) is 3.88. The van der Waals surface area contributed by atoms with E-state index in [9.17, 15) is 13.2 Å². The van der Waals surface area contributed by atoms with Crippen molar-refractivity contribution >= 4 is 40.4 Å². The molecule has 2 rings (SSSR count). The standard InChI is InChI=1S/C11H8ClF3N2S2/c12-9-5-17-10(18-9)6-16-7-1-3-8(4-2-7)19-11(13,14)15/h1-5,16H,6H2. The van der Waals surface area contributed by atoms with E-state index in [1.807, 2.05) is 0 Å². The zero-order valence-electron chi connectivity index (χ0n) is 9.37. The molecule has 1 aromatic carbocycles. The highest BCUT2D eigenvalue weighted by atomic mass is 35.5. The molecule has 1 aromatic heterocycles. The molecule has 1 N–H and O–H groups in total. The predicted molar refractivity (Wildman–Crippen MR) is 72.8 cm³/mol. The molecule has 0 fully saturated rings. The Kier molecular flexibility index (Phi) is 4.59. The lowest BCUT2D eigenvalue weighted by molar-refractivity contribution is -0.0328. The van der Waals surface area contributed by atoms with Gasteiger partial charge in [0.05, 0.1) is 12.7 Å². The molecule has 0 amide bonds. The van der Waals surface area contributed by atoms with E-state index in [4.69, 9.17) is 11.6 Å². The summed E-state index contributed by atoms with van der Waals surface area (Å²) in [6.45, 7) is 0.489. The predicted octanol–water partition coefficient (Wildman–Crippen LogP) is 5.02. The SMILES string of the molecule is FC(F)(F)Sc1ccc(NCc2ncc(Cl)s2)cc1. The lowest BCUT2D eigenvalue weighted by Gasteiger charge is -2.07. The van der Waals surface area contributed by atoms with Crippen LogP contribution >= 0.6 is 34.7 Å². The fourth-order valence-corrected chi connectivity index (χ4v) is 2.76.